The van der Waals surface area contributed by atoms with Gasteiger partial charge in [-0.25, -0.2) is 0 Å². The number of hydrogen-bond acceptors (Lipinski definition) is 7. The molecule has 1 rings (SSSR count). The Labute approximate surface area is 174 Å². The van der Waals surface area contributed by atoms with Crippen molar-refractivity contribution in [1.29, 1.82) is 0 Å². The van der Waals surface area contributed by atoms with Crippen LogP contribution in [0.3, 0.4) is 0 Å². The van der Waals surface area contributed by atoms with Crippen molar-refractivity contribution in [3.8, 4) is 0 Å². The van der Waals surface area contributed by atoms with E-state index >= 15 is 0 Å². The molecule has 1 aliphatic heterocycles. The van der Waals surface area contributed by atoms with Crippen molar-refractivity contribution in [2.75, 3.05) is 39.8 Å². The summed E-state index contributed by atoms with van der Waals surface area (Å²) in [6.07, 6.45) is -1.10. The lowest BCUT2D eigenvalue weighted by molar-refractivity contribution is -0.136. The van der Waals surface area contributed by atoms with Gasteiger partial charge in [0.1, 0.15) is 18.1 Å². The molecule has 1 heterocycles. The van der Waals surface area contributed by atoms with Crippen LogP contribution in [0.2, 0.25) is 0 Å². The van der Waals surface area contributed by atoms with E-state index in [0.717, 1.165) is 19.6 Å². The number of ketones is 1. The van der Waals surface area contributed by atoms with Crippen LogP contribution >= 0.6 is 0 Å². The van der Waals surface area contributed by atoms with Crippen LogP contribution < -0.4 is 21.3 Å². The zero-order valence-corrected chi connectivity index (χ0v) is 18.6. The predicted molar refractivity (Wildman–Crippen MR) is 112 cm³/mol. The number of nitrogens with zero attached hydrogens (tertiary/aromatic N) is 1. The van der Waals surface area contributed by atoms with Gasteiger partial charge >= 0.3 is 0 Å². The van der Waals surface area contributed by atoms with Gasteiger partial charge in [0.15, 0.2) is 5.78 Å². The van der Waals surface area contributed by atoms with E-state index in [9.17, 15) is 19.5 Å². The summed E-state index contributed by atoms with van der Waals surface area (Å²) in [6.45, 7) is 12.3. The average Bonchev–Trinajstić information content (AvgIpc) is 2.64. The molecule has 0 unspecified atom stereocenters. The number of amides is 2. The van der Waals surface area contributed by atoms with E-state index in [2.05, 4.69) is 40.0 Å². The molecule has 0 aliphatic carbocycles. The first-order valence-corrected chi connectivity index (χ1v) is 10.5. The van der Waals surface area contributed by atoms with E-state index in [0.29, 0.717) is 12.5 Å². The number of hydrogen-bond donors (Lipinski definition) is 5. The van der Waals surface area contributed by atoms with Crippen molar-refractivity contribution < 1.29 is 19.5 Å². The quantitative estimate of drug-likeness (QED) is 0.286. The normalized spacial score (nSPS) is 20.9. The third-order valence-corrected chi connectivity index (χ3v) is 4.96. The summed E-state index contributed by atoms with van der Waals surface area (Å²) in [5, 5.41) is 21.6. The van der Waals surface area contributed by atoms with Crippen LogP contribution in [0.15, 0.2) is 0 Å². The Morgan fingerprint density at radius 2 is 1.79 bits per heavy atom. The van der Waals surface area contributed by atoms with Gasteiger partial charge in [-0.3, -0.25) is 19.3 Å². The monoisotopic (exact) mass is 413 g/mol. The molecule has 5 N–H and O–H groups in total. The average molecular weight is 414 g/mol. The molecule has 0 spiro atoms. The molecule has 0 aromatic rings. The second kappa shape index (κ2) is 12.2. The summed E-state index contributed by atoms with van der Waals surface area (Å²) in [5.74, 6) is -0.821. The number of carbonyl (C=O) groups is 3. The molecule has 0 radical (unpaired) electrons. The van der Waals surface area contributed by atoms with Crippen molar-refractivity contribution in [3.05, 3.63) is 0 Å². The highest BCUT2D eigenvalue weighted by molar-refractivity contribution is 5.94. The molecular formula is C20H39N5O4. The fourth-order valence-electron chi connectivity index (χ4n) is 3.44. The van der Waals surface area contributed by atoms with Gasteiger partial charge < -0.3 is 26.4 Å². The molecule has 0 bridgehead atoms. The second-order valence-corrected chi connectivity index (χ2v) is 8.51. The smallest absolute Gasteiger partial charge is 0.245 e. The molecule has 4 atom stereocenters. The SMILES string of the molecule is CNC[C@H](NC(=O)[C@@H](NC(=O)[C@@H]1CNCCN1CC(C)C)[C@H](C)O)C(=O)C(C)C. The number of piperazine rings is 1. The van der Waals surface area contributed by atoms with Crippen molar-refractivity contribution >= 4 is 17.6 Å². The molecule has 0 aromatic heterocycles. The molecule has 2 amide bonds. The lowest BCUT2D eigenvalue weighted by Crippen LogP contribution is -2.63. The van der Waals surface area contributed by atoms with Crippen LogP contribution in [0.5, 0.6) is 0 Å². The van der Waals surface area contributed by atoms with Gasteiger partial charge in [0.25, 0.3) is 0 Å². The predicted octanol–water partition coefficient (Wildman–Crippen LogP) is -1.29. The van der Waals surface area contributed by atoms with Crippen LogP contribution in [0.25, 0.3) is 0 Å². The minimum Gasteiger partial charge on any atom is -0.391 e. The summed E-state index contributed by atoms with van der Waals surface area (Å²) in [5.41, 5.74) is 0. The third kappa shape index (κ3) is 8.00. The Morgan fingerprint density at radius 3 is 2.31 bits per heavy atom. The molecule has 29 heavy (non-hydrogen) atoms. The van der Waals surface area contributed by atoms with Crippen molar-refractivity contribution in [3.63, 3.8) is 0 Å². The lowest BCUT2D eigenvalue weighted by Gasteiger charge is -2.37. The maximum atomic E-state index is 12.9. The van der Waals surface area contributed by atoms with Crippen molar-refractivity contribution in [2.24, 2.45) is 11.8 Å². The number of carbonyl (C=O) groups excluding carboxylic acids is 3. The molecule has 168 valence electrons. The minimum absolute atomic E-state index is 0.108. The molecule has 0 aromatic carbocycles. The summed E-state index contributed by atoms with van der Waals surface area (Å²) in [4.78, 5) is 40.1. The Bertz CT molecular complexity index is 553. The largest absolute Gasteiger partial charge is 0.391 e. The van der Waals surface area contributed by atoms with Gasteiger partial charge in [-0.05, 0) is 19.9 Å². The maximum absolute atomic E-state index is 12.9. The summed E-state index contributed by atoms with van der Waals surface area (Å²) in [7, 11) is 1.69. The molecule has 9 heteroatoms. The van der Waals surface area contributed by atoms with Gasteiger partial charge in [0, 0.05) is 38.6 Å². The first-order chi connectivity index (χ1) is 13.6. The fourth-order valence-corrected chi connectivity index (χ4v) is 3.44. The van der Waals surface area contributed by atoms with E-state index in [-0.39, 0.29) is 24.2 Å². The number of nitrogens with one attached hydrogen (secondary N) is 4. The summed E-state index contributed by atoms with van der Waals surface area (Å²) in [6, 6.07) is -2.27. The molecule has 1 fully saturated rings. The van der Waals surface area contributed by atoms with Gasteiger partial charge in [-0.15, -0.1) is 0 Å². The van der Waals surface area contributed by atoms with E-state index in [1.807, 2.05) is 0 Å². The molecule has 9 nitrogen and oxygen atoms in total. The van der Waals surface area contributed by atoms with Crippen molar-refractivity contribution in [1.82, 2.24) is 26.2 Å². The van der Waals surface area contributed by atoms with E-state index < -0.39 is 30.1 Å². The zero-order valence-electron chi connectivity index (χ0n) is 18.6. The van der Waals surface area contributed by atoms with E-state index in [1.54, 1.807) is 20.9 Å². The second-order valence-electron chi connectivity index (χ2n) is 8.51. The fraction of sp³-hybridized carbons (Fsp3) is 0.850. The van der Waals surface area contributed by atoms with Crippen LogP contribution in [0.1, 0.15) is 34.6 Å². The topological polar surface area (TPSA) is 123 Å². The Balaban J connectivity index is 2.86. The van der Waals surface area contributed by atoms with Crippen LogP contribution in [-0.2, 0) is 14.4 Å². The van der Waals surface area contributed by atoms with Crippen LogP contribution in [0, 0.1) is 11.8 Å². The molecule has 0 saturated carbocycles. The first-order valence-electron chi connectivity index (χ1n) is 10.5. The minimum atomic E-state index is -1.13. The van der Waals surface area contributed by atoms with Gasteiger partial charge in [-0.1, -0.05) is 27.7 Å². The third-order valence-electron chi connectivity index (χ3n) is 4.96. The van der Waals surface area contributed by atoms with Gasteiger partial charge in [0.05, 0.1) is 6.10 Å². The molecule has 1 saturated heterocycles. The summed E-state index contributed by atoms with van der Waals surface area (Å²) >= 11 is 0. The zero-order chi connectivity index (χ0) is 22.1. The molecule has 1 aliphatic rings. The van der Waals surface area contributed by atoms with E-state index in [4.69, 9.17) is 0 Å². The Kier molecular flexibility index (Phi) is 10.7. The number of Topliss-reactive ketones (excluding diaryl/α,β-unsaturated/α-hetero) is 1. The number of likely N-dealkylation sites (N-methyl/N-ethyl adjacent to an activating group) is 1. The standard InChI is InChI=1S/C20H39N5O4/c1-12(2)11-25-8-7-22-10-16(25)19(28)24-17(14(5)26)20(29)23-15(9-21-6)18(27)13(3)4/h12-17,21-22,26H,7-11H2,1-6H3,(H,23,29)(H,24,28)/t14-,15-,16-,17-/m0/s1. The number of rotatable bonds is 11. The highest BCUT2D eigenvalue weighted by Crippen LogP contribution is 2.09. The maximum Gasteiger partial charge on any atom is 0.245 e. The van der Waals surface area contributed by atoms with Crippen LogP contribution in [0.4, 0.5) is 0 Å². The van der Waals surface area contributed by atoms with Crippen LogP contribution in [-0.4, -0.2) is 91.6 Å². The summed E-state index contributed by atoms with van der Waals surface area (Å²) < 4.78 is 0. The van der Waals surface area contributed by atoms with Gasteiger partial charge in [-0.2, -0.15) is 0 Å². The first kappa shape index (κ1) is 25.5. The highest BCUT2D eigenvalue weighted by Gasteiger charge is 2.34. The lowest BCUT2D eigenvalue weighted by atomic mass is 10.0. The number of aliphatic hydroxyl groups is 1. The van der Waals surface area contributed by atoms with Gasteiger partial charge in [0.2, 0.25) is 11.8 Å². The highest BCUT2D eigenvalue weighted by atomic mass is 16.3. The van der Waals surface area contributed by atoms with Crippen molar-refractivity contribution in [2.45, 2.75) is 58.8 Å². The Morgan fingerprint density at radius 1 is 1.14 bits per heavy atom. The number of aliphatic hydroxyl groups excluding tert-OH is 1. The Hall–Kier alpha value is -1.55. The molecular weight excluding hydrogens is 374 g/mol. The van der Waals surface area contributed by atoms with E-state index in [1.165, 1.54) is 6.92 Å².